The first-order valence-electron chi connectivity index (χ1n) is 9.33. The second kappa shape index (κ2) is 8.88. The molecular formula is C20H31N3O2. The highest BCUT2D eigenvalue weighted by molar-refractivity contribution is 5.97. The highest BCUT2D eigenvalue weighted by atomic mass is 16.2. The number of hydrogen-bond acceptors (Lipinski definition) is 2. The van der Waals surface area contributed by atoms with Gasteiger partial charge in [0.1, 0.15) is 0 Å². The molecule has 25 heavy (non-hydrogen) atoms. The minimum absolute atomic E-state index is 0.0745. The van der Waals surface area contributed by atoms with Gasteiger partial charge in [0, 0.05) is 37.4 Å². The maximum absolute atomic E-state index is 12.9. The second-order valence-electron chi connectivity index (χ2n) is 7.59. The quantitative estimate of drug-likeness (QED) is 0.780. The van der Waals surface area contributed by atoms with Gasteiger partial charge < -0.3 is 10.2 Å². The van der Waals surface area contributed by atoms with Gasteiger partial charge >= 0.3 is 6.03 Å². The third kappa shape index (κ3) is 5.48. The third-order valence-electron chi connectivity index (χ3n) is 4.52. The molecule has 0 aromatic heterocycles. The minimum atomic E-state index is -0.0745. The number of anilines is 1. The molecule has 5 nitrogen and oxygen atoms in total. The molecule has 1 aliphatic rings. The van der Waals surface area contributed by atoms with E-state index in [0.29, 0.717) is 30.5 Å². The fourth-order valence-corrected chi connectivity index (χ4v) is 2.83. The molecular weight excluding hydrogens is 314 g/mol. The van der Waals surface area contributed by atoms with Gasteiger partial charge in [-0.25, -0.2) is 4.79 Å². The Balaban J connectivity index is 2.07. The van der Waals surface area contributed by atoms with Gasteiger partial charge in [0.05, 0.1) is 0 Å². The van der Waals surface area contributed by atoms with Gasteiger partial charge in [0.25, 0.3) is 5.91 Å². The van der Waals surface area contributed by atoms with Crippen LogP contribution in [0.1, 0.15) is 50.9 Å². The molecule has 0 saturated carbocycles. The number of amides is 3. The summed E-state index contributed by atoms with van der Waals surface area (Å²) in [6.45, 7) is 11.6. The molecule has 1 saturated heterocycles. The lowest BCUT2D eigenvalue weighted by Gasteiger charge is -2.25. The normalized spacial score (nSPS) is 14.3. The average Bonchev–Trinajstić information content (AvgIpc) is 3.00. The molecule has 2 rings (SSSR count). The van der Waals surface area contributed by atoms with E-state index in [2.05, 4.69) is 33.0 Å². The topological polar surface area (TPSA) is 52.7 Å². The maximum atomic E-state index is 12.9. The lowest BCUT2D eigenvalue weighted by molar-refractivity contribution is 0.0741. The van der Waals surface area contributed by atoms with Crippen molar-refractivity contribution in [1.82, 2.24) is 10.2 Å². The first kappa shape index (κ1) is 19.3. The van der Waals surface area contributed by atoms with Crippen LogP contribution in [0.25, 0.3) is 0 Å². The van der Waals surface area contributed by atoms with Crippen LogP contribution in [0, 0.1) is 11.8 Å². The lowest BCUT2D eigenvalue weighted by atomic mass is 10.1. The van der Waals surface area contributed by atoms with Crippen molar-refractivity contribution in [2.24, 2.45) is 11.8 Å². The third-order valence-corrected chi connectivity index (χ3v) is 4.52. The number of carbonyl (C=O) groups excluding carboxylic acids is 2. The standard InChI is InChI=1S/C20H31N3O2/c1-15(2)9-12-22(13-10-16(3)4)19(24)17-5-7-18(8-6-17)23-14-11-21-20(23)25/h5-8,15-16H,9-14H2,1-4H3,(H,21,25). The van der Waals surface area contributed by atoms with Gasteiger partial charge in [0.2, 0.25) is 0 Å². The summed E-state index contributed by atoms with van der Waals surface area (Å²) < 4.78 is 0. The van der Waals surface area contributed by atoms with Crippen LogP contribution in [0.15, 0.2) is 24.3 Å². The van der Waals surface area contributed by atoms with Gasteiger partial charge in [-0.05, 0) is 48.9 Å². The summed E-state index contributed by atoms with van der Waals surface area (Å²) in [7, 11) is 0. The SMILES string of the molecule is CC(C)CCN(CCC(C)C)C(=O)c1ccc(N2CCNC2=O)cc1. The zero-order valence-corrected chi connectivity index (χ0v) is 15.9. The Kier molecular flexibility index (Phi) is 6.85. The molecule has 5 heteroatoms. The van der Waals surface area contributed by atoms with E-state index in [9.17, 15) is 9.59 Å². The lowest BCUT2D eigenvalue weighted by Crippen LogP contribution is -2.34. The second-order valence-corrected chi connectivity index (χ2v) is 7.59. The fourth-order valence-electron chi connectivity index (χ4n) is 2.83. The molecule has 1 aromatic carbocycles. The summed E-state index contributed by atoms with van der Waals surface area (Å²) in [5, 5.41) is 2.79. The van der Waals surface area contributed by atoms with Crippen LogP contribution in [0.5, 0.6) is 0 Å². The van der Waals surface area contributed by atoms with Crippen LogP contribution in [-0.2, 0) is 0 Å². The van der Waals surface area contributed by atoms with Gasteiger partial charge in [-0.3, -0.25) is 9.69 Å². The van der Waals surface area contributed by atoms with E-state index in [4.69, 9.17) is 0 Å². The number of nitrogens with zero attached hydrogens (tertiary/aromatic N) is 2. The van der Waals surface area contributed by atoms with Crippen molar-refractivity contribution in [2.45, 2.75) is 40.5 Å². The molecule has 1 aromatic rings. The Morgan fingerprint density at radius 1 is 1.08 bits per heavy atom. The predicted octanol–water partition coefficient (Wildman–Crippen LogP) is 3.75. The van der Waals surface area contributed by atoms with Crippen molar-refractivity contribution < 1.29 is 9.59 Å². The molecule has 1 N–H and O–H groups in total. The van der Waals surface area contributed by atoms with Crippen molar-refractivity contribution in [2.75, 3.05) is 31.1 Å². The van der Waals surface area contributed by atoms with E-state index in [-0.39, 0.29) is 11.9 Å². The zero-order valence-electron chi connectivity index (χ0n) is 15.9. The summed E-state index contributed by atoms with van der Waals surface area (Å²) in [5.41, 5.74) is 1.53. The van der Waals surface area contributed by atoms with E-state index in [1.54, 1.807) is 4.90 Å². The average molecular weight is 345 g/mol. The van der Waals surface area contributed by atoms with Crippen molar-refractivity contribution in [1.29, 1.82) is 0 Å². The monoisotopic (exact) mass is 345 g/mol. The van der Waals surface area contributed by atoms with Gasteiger partial charge in [-0.15, -0.1) is 0 Å². The Labute approximate surface area is 151 Å². The highest BCUT2D eigenvalue weighted by Gasteiger charge is 2.22. The molecule has 0 aliphatic carbocycles. The minimum Gasteiger partial charge on any atom is -0.339 e. The first-order valence-corrected chi connectivity index (χ1v) is 9.33. The molecule has 0 spiro atoms. The zero-order chi connectivity index (χ0) is 18.4. The molecule has 138 valence electrons. The Hall–Kier alpha value is -2.04. The van der Waals surface area contributed by atoms with Crippen molar-refractivity contribution in [3.63, 3.8) is 0 Å². The number of carbonyl (C=O) groups is 2. The summed E-state index contributed by atoms with van der Waals surface area (Å²) in [4.78, 5) is 28.3. The number of nitrogens with one attached hydrogen (secondary N) is 1. The Bertz CT molecular complexity index is 569. The van der Waals surface area contributed by atoms with E-state index in [1.165, 1.54) is 0 Å². The number of hydrogen-bond donors (Lipinski definition) is 1. The molecule has 0 bridgehead atoms. The summed E-state index contributed by atoms with van der Waals surface area (Å²) in [6.07, 6.45) is 2.02. The van der Waals surface area contributed by atoms with Crippen molar-refractivity contribution >= 4 is 17.6 Å². The van der Waals surface area contributed by atoms with Crippen LogP contribution >= 0.6 is 0 Å². The highest BCUT2D eigenvalue weighted by Crippen LogP contribution is 2.19. The van der Waals surface area contributed by atoms with Gasteiger partial charge in [-0.2, -0.15) is 0 Å². The maximum Gasteiger partial charge on any atom is 0.321 e. The molecule has 1 fully saturated rings. The number of benzene rings is 1. The van der Waals surface area contributed by atoms with Crippen molar-refractivity contribution in [3.05, 3.63) is 29.8 Å². The molecule has 3 amide bonds. The van der Waals surface area contributed by atoms with Crippen LogP contribution in [0.4, 0.5) is 10.5 Å². The smallest absolute Gasteiger partial charge is 0.321 e. The fraction of sp³-hybridized carbons (Fsp3) is 0.600. The molecule has 0 unspecified atom stereocenters. The van der Waals surface area contributed by atoms with Crippen LogP contribution in [0.3, 0.4) is 0 Å². The van der Waals surface area contributed by atoms with Crippen molar-refractivity contribution in [3.8, 4) is 0 Å². The van der Waals surface area contributed by atoms with E-state index < -0.39 is 0 Å². The predicted molar refractivity (Wildman–Crippen MR) is 102 cm³/mol. The molecule has 1 aliphatic heterocycles. The molecule has 0 radical (unpaired) electrons. The summed E-state index contributed by atoms with van der Waals surface area (Å²) >= 11 is 0. The van der Waals surface area contributed by atoms with E-state index in [0.717, 1.165) is 31.6 Å². The van der Waals surface area contributed by atoms with E-state index in [1.807, 2.05) is 29.2 Å². The van der Waals surface area contributed by atoms with Crippen LogP contribution in [-0.4, -0.2) is 43.0 Å². The van der Waals surface area contributed by atoms with Crippen LogP contribution in [0.2, 0.25) is 0 Å². The molecule has 0 atom stereocenters. The van der Waals surface area contributed by atoms with Gasteiger partial charge in [-0.1, -0.05) is 27.7 Å². The first-order chi connectivity index (χ1) is 11.9. The molecule has 1 heterocycles. The van der Waals surface area contributed by atoms with Gasteiger partial charge in [0.15, 0.2) is 0 Å². The summed E-state index contributed by atoms with van der Waals surface area (Å²) in [5.74, 6) is 1.23. The largest absolute Gasteiger partial charge is 0.339 e. The summed E-state index contributed by atoms with van der Waals surface area (Å²) in [6, 6.07) is 7.32. The number of urea groups is 1. The Morgan fingerprint density at radius 2 is 1.64 bits per heavy atom. The number of rotatable bonds is 8. The Morgan fingerprint density at radius 3 is 2.08 bits per heavy atom. The van der Waals surface area contributed by atoms with Crippen LogP contribution < -0.4 is 10.2 Å². The van der Waals surface area contributed by atoms with E-state index >= 15 is 0 Å².